The number of thioether (sulfide) groups is 1. The third-order valence-electron chi connectivity index (χ3n) is 4.24. The van der Waals surface area contributed by atoms with Gasteiger partial charge in [-0.2, -0.15) is 0 Å². The molecule has 27 heavy (non-hydrogen) atoms. The number of Topliss-reactive ketones (excluding diaryl/α,β-unsaturated/α-hetero) is 1. The summed E-state index contributed by atoms with van der Waals surface area (Å²) in [7, 11) is 1.89. The topological polar surface area (TPSA) is 86.7 Å². The Hall–Kier alpha value is -3.00. The van der Waals surface area contributed by atoms with Gasteiger partial charge in [0, 0.05) is 19.0 Å². The van der Waals surface area contributed by atoms with Crippen molar-refractivity contribution in [3.05, 3.63) is 54.1 Å². The molecule has 0 unspecified atom stereocenters. The number of nitrogens with zero attached hydrogens (tertiary/aromatic N) is 5. The Labute approximate surface area is 159 Å². The fourth-order valence-corrected chi connectivity index (χ4v) is 3.57. The summed E-state index contributed by atoms with van der Waals surface area (Å²) in [5, 5.41) is 16.8. The van der Waals surface area contributed by atoms with Gasteiger partial charge in [-0.1, -0.05) is 42.1 Å². The number of benzene rings is 2. The van der Waals surface area contributed by atoms with Crippen LogP contribution >= 0.6 is 11.8 Å². The van der Waals surface area contributed by atoms with Crippen molar-refractivity contribution in [2.75, 3.05) is 5.75 Å². The molecule has 0 amide bonds. The number of hydrogen-bond acceptors (Lipinski definition) is 7. The first-order chi connectivity index (χ1) is 13.2. The number of carbonyl (C=O) groups is 1. The van der Waals surface area contributed by atoms with E-state index in [-0.39, 0.29) is 5.78 Å². The summed E-state index contributed by atoms with van der Waals surface area (Å²) >= 11 is 1.40. The summed E-state index contributed by atoms with van der Waals surface area (Å²) < 4.78 is 6.61. The van der Waals surface area contributed by atoms with Crippen molar-refractivity contribution in [1.82, 2.24) is 25.1 Å². The van der Waals surface area contributed by atoms with E-state index in [1.807, 2.05) is 60.1 Å². The molecule has 0 N–H and O–H groups in total. The molecule has 7 nitrogen and oxygen atoms in total. The van der Waals surface area contributed by atoms with Crippen molar-refractivity contribution in [1.29, 1.82) is 0 Å². The van der Waals surface area contributed by atoms with Gasteiger partial charge in [0.05, 0.1) is 5.75 Å². The number of aromatic nitrogens is 5. The largest absolute Gasteiger partial charge is 0.305 e. The highest BCUT2D eigenvalue weighted by Gasteiger charge is 2.14. The number of hydrogen-bond donors (Lipinski definition) is 0. The van der Waals surface area contributed by atoms with Gasteiger partial charge in [-0.05, 0) is 40.5 Å². The highest BCUT2D eigenvalue weighted by atomic mass is 32.2. The molecule has 0 radical (unpaired) electrons. The van der Waals surface area contributed by atoms with Crippen molar-refractivity contribution in [2.45, 2.75) is 18.0 Å². The molecule has 2 aromatic heterocycles. The minimum absolute atomic E-state index is 0.198. The molecule has 0 spiro atoms. The van der Waals surface area contributed by atoms with E-state index in [0.717, 1.165) is 12.0 Å². The number of ketones is 1. The van der Waals surface area contributed by atoms with E-state index >= 15 is 0 Å². The second-order valence-electron chi connectivity index (χ2n) is 6.15. The predicted molar refractivity (Wildman–Crippen MR) is 102 cm³/mol. The van der Waals surface area contributed by atoms with E-state index in [0.29, 0.717) is 34.2 Å². The Kier molecular flexibility index (Phi) is 4.97. The van der Waals surface area contributed by atoms with Crippen LogP contribution in [0.15, 0.2) is 58.3 Å². The van der Waals surface area contributed by atoms with Crippen molar-refractivity contribution in [3.63, 3.8) is 0 Å². The molecule has 0 aliphatic heterocycles. The average molecular weight is 379 g/mol. The molecule has 0 saturated heterocycles. The monoisotopic (exact) mass is 379 g/mol. The van der Waals surface area contributed by atoms with Crippen LogP contribution in [-0.4, -0.2) is 36.6 Å². The van der Waals surface area contributed by atoms with E-state index in [4.69, 9.17) is 4.63 Å². The van der Waals surface area contributed by atoms with E-state index in [2.05, 4.69) is 20.5 Å². The third-order valence-corrected chi connectivity index (χ3v) is 5.32. The van der Waals surface area contributed by atoms with Crippen LogP contribution in [0, 0.1) is 0 Å². The highest BCUT2D eigenvalue weighted by molar-refractivity contribution is 7.99. The predicted octanol–water partition coefficient (Wildman–Crippen LogP) is 3.31. The molecule has 0 bridgehead atoms. The lowest BCUT2D eigenvalue weighted by Crippen LogP contribution is -2.04. The average Bonchev–Trinajstić information content (AvgIpc) is 3.31. The zero-order valence-electron chi connectivity index (χ0n) is 14.7. The lowest BCUT2D eigenvalue weighted by Gasteiger charge is -2.04. The standard InChI is InChI=1S/C19H17N5O2S/c1-24-18(14-8-10-16-17(11-14)23-26-22-16)20-21-19(24)27-12-15(25)9-7-13-5-3-2-4-6-13/h2-6,8,10-11H,7,9,12H2,1H3. The minimum Gasteiger partial charge on any atom is -0.305 e. The van der Waals surface area contributed by atoms with Gasteiger partial charge in [-0.3, -0.25) is 4.79 Å². The maximum Gasteiger partial charge on any atom is 0.191 e. The van der Waals surface area contributed by atoms with Crippen LogP contribution < -0.4 is 0 Å². The van der Waals surface area contributed by atoms with Crippen molar-refractivity contribution < 1.29 is 9.42 Å². The van der Waals surface area contributed by atoms with E-state index in [9.17, 15) is 4.79 Å². The highest BCUT2D eigenvalue weighted by Crippen LogP contribution is 2.25. The van der Waals surface area contributed by atoms with Gasteiger partial charge in [-0.25, -0.2) is 4.63 Å². The first-order valence-corrected chi connectivity index (χ1v) is 9.50. The Morgan fingerprint density at radius 1 is 1.07 bits per heavy atom. The van der Waals surface area contributed by atoms with Crippen LogP contribution in [0.1, 0.15) is 12.0 Å². The molecular formula is C19H17N5O2S. The lowest BCUT2D eigenvalue weighted by atomic mass is 10.1. The van der Waals surface area contributed by atoms with Crippen LogP contribution in [0.25, 0.3) is 22.4 Å². The number of aryl methyl sites for hydroxylation is 1. The zero-order valence-corrected chi connectivity index (χ0v) is 15.5. The Bertz CT molecular complexity index is 1070. The van der Waals surface area contributed by atoms with Crippen molar-refractivity contribution >= 4 is 28.6 Å². The molecule has 136 valence electrons. The molecule has 4 rings (SSSR count). The Balaban J connectivity index is 1.39. The number of carbonyl (C=O) groups excluding carboxylic acids is 1. The number of fused-ring (bicyclic) bond motifs is 1. The fourth-order valence-electron chi connectivity index (χ4n) is 2.76. The summed E-state index contributed by atoms with van der Waals surface area (Å²) in [6.07, 6.45) is 1.29. The van der Waals surface area contributed by atoms with E-state index < -0.39 is 0 Å². The molecule has 2 aromatic carbocycles. The summed E-state index contributed by atoms with van der Waals surface area (Å²) in [5.41, 5.74) is 3.41. The molecule has 8 heteroatoms. The second-order valence-corrected chi connectivity index (χ2v) is 7.09. The molecule has 0 saturated carbocycles. The summed E-state index contributed by atoms with van der Waals surface area (Å²) in [6.45, 7) is 0. The first-order valence-electron chi connectivity index (χ1n) is 8.51. The molecule has 0 aliphatic carbocycles. The SMILES string of the molecule is Cn1c(SCC(=O)CCc2ccccc2)nnc1-c1ccc2nonc2c1. The van der Waals surface area contributed by atoms with Crippen LogP contribution in [0.3, 0.4) is 0 Å². The van der Waals surface area contributed by atoms with Gasteiger partial charge in [-0.15, -0.1) is 10.2 Å². The fraction of sp³-hybridized carbons (Fsp3) is 0.211. The van der Waals surface area contributed by atoms with Crippen LogP contribution in [0.2, 0.25) is 0 Å². The minimum atomic E-state index is 0.198. The second kappa shape index (κ2) is 7.71. The van der Waals surface area contributed by atoms with Gasteiger partial charge < -0.3 is 4.57 Å². The molecule has 0 atom stereocenters. The normalized spacial score (nSPS) is 11.1. The summed E-state index contributed by atoms with van der Waals surface area (Å²) in [4.78, 5) is 12.2. The maximum absolute atomic E-state index is 12.2. The molecular weight excluding hydrogens is 362 g/mol. The van der Waals surface area contributed by atoms with Gasteiger partial charge in [0.2, 0.25) is 0 Å². The van der Waals surface area contributed by atoms with Gasteiger partial charge in [0.15, 0.2) is 11.0 Å². The Morgan fingerprint density at radius 2 is 1.89 bits per heavy atom. The van der Waals surface area contributed by atoms with Gasteiger partial charge >= 0.3 is 0 Å². The smallest absolute Gasteiger partial charge is 0.191 e. The van der Waals surface area contributed by atoms with Crippen molar-refractivity contribution in [3.8, 4) is 11.4 Å². The van der Waals surface area contributed by atoms with Crippen LogP contribution in [0.5, 0.6) is 0 Å². The first kappa shape index (κ1) is 17.4. The molecule has 2 heterocycles. The van der Waals surface area contributed by atoms with Crippen LogP contribution in [0.4, 0.5) is 0 Å². The maximum atomic E-state index is 12.2. The summed E-state index contributed by atoms with van der Waals surface area (Å²) in [5.74, 6) is 1.29. The third kappa shape index (κ3) is 3.90. The molecule has 0 fully saturated rings. The van der Waals surface area contributed by atoms with Crippen LogP contribution in [-0.2, 0) is 18.3 Å². The number of rotatable bonds is 7. The molecule has 0 aliphatic rings. The van der Waals surface area contributed by atoms with Gasteiger partial charge in [0.1, 0.15) is 16.8 Å². The summed E-state index contributed by atoms with van der Waals surface area (Å²) in [6, 6.07) is 15.6. The quantitative estimate of drug-likeness (QED) is 0.455. The van der Waals surface area contributed by atoms with E-state index in [1.54, 1.807) is 0 Å². The lowest BCUT2D eigenvalue weighted by molar-refractivity contribution is -0.116. The Morgan fingerprint density at radius 3 is 2.74 bits per heavy atom. The van der Waals surface area contributed by atoms with Crippen molar-refractivity contribution in [2.24, 2.45) is 7.05 Å². The zero-order chi connectivity index (χ0) is 18.6. The molecule has 4 aromatic rings. The van der Waals surface area contributed by atoms with E-state index in [1.165, 1.54) is 17.3 Å². The van der Waals surface area contributed by atoms with Gasteiger partial charge in [0.25, 0.3) is 0 Å².